The van der Waals surface area contributed by atoms with E-state index in [9.17, 15) is 67.7 Å². The zero-order valence-corrected chi connectivity index (χ0v) is 59.6. The number of amides is 1. The Bertz CT molecular complexity index is 2410. The number of hydrogen-bond acceptors (Lipinski definition) is 24. The second kappa shape index (κ2) is 51.1. The lowest BCUT2D eigenvalue weighted by Crippen LogP contribution is -2.48. The molecule has 0 heterocycles. The number of methoxy groups -OCH3 is 6. The first-order chi connectivity index (χ1) is 43.4. The Morgan fingerprint density at radius 3 is 1.09 bits per heavy atom. The lowest BCUT2D eigenvalue weighted by molar-refractivity contribution is -0.157. The van der Waals surface area contributed by atoms with Crippen molar-refractivity contribution in [3.63, 3.8) is 0 Å². The Labute approximate surface area is 556 Å². The first-order valence-electron chi connectivity index (χ1n) is 31.4. The number of esters is 8. The zero-order valence-electron chi connectivity index (χ0n) is 59.6. The van der Waals surface area contributed by atoms with Gasteiger partial charge in [-0.15, -0.1) is 0 Å². The molecule has 0 unspecified atom stereocenters. The fraction of sp³-hybridized carbons (Fsp3) is 0.727. The van der Waals surface area contributed by atoms with Crippen molar-refractivity contribution in [2.75, 3.05) is 42.7 Å². The number of ether oxygens (including phenoxy) is 8. The van der Waals surface area contributed by atoms with Crippen LogP contribution in [0.15, 0.2) is 30.3 Å². The van der Waals surface area contributed by atoms with Gasteiger partial charge in [0.25, 0.3) is 0 Å². The quantitative estimate of drug-likeness (QED) is 0.0263. The summed E-state index contributed by atoms with van der Waals surface area (Å²) in [5, 5.41) is 38.3. The smallest absolute Gasteiger partial charge is 0.322 e. The van der Waals surface area contributed by atoms with E-state index in [1.165, 1.54) is 42.7 Å². The number of nitrogens with one attached hydrogen (secondary N) is 4. The van der Waals surface area contributed by atoms with Gasteiger partial charge in [-0.25, -0.2) is 0 Å². The Balaban J connectivity index is -0.000000554. The average molecular weight is 1350 g/mol. The van der Waals surface area contributed by atoms with Crippen LogP contribution in [0.25, 0.3) is 0 Å². The predicted molar refractivity (Wildman–Crippen MR) is 349 cm³/mol. The van der Waals surface area contributed by atoms with Crippen LogP contribution in [-0.4, -0.2) is 183 Å². The number of benzene rings is 1. The van der Waals surface area contributed by atoms with Crippen LogP contribution in [0.2, 0.25) is 0 Å². The number of aliphatic carboxylic acids is 3. The second-order valence-corrected chi connectivity index (χ2v) is 25.6. The van der Waals surface area contributed by atoms with Gasteiger partial charge in [0.05, 0.1) is 48.6 Å². The third kappa shape index (κ3) is 51.2. The van der Waals surface area contributed by atoms with Crippen LogP contribution in [0, 0.1) is 29.6 Å². The molecule has 542 valence electrons. The Morgan fingerprint density at radius 1 is 0.415 bits per heavy atom. The van der Waals surface area contributed by atoms with Gasteiger partial charge in [0.2, 0.25) is 5.91 Å². The number of carbonyl (C=O) groups is 12. The van der Waals surface area contributed by atoms with Crippen molar-refractivity contribution < 1.29 is 111 Å². The van der Waals surface area contributed by atoms with Gasteiger partial charge >= 0.3 is 65.7 Å². The summed E-state index contributed by atoms with van der Waals surface area (Å²) in [6.07, 6.45) is 2.67. The fourth-order valence-corrected chi connectivity index (χ4v) is 8.26. The predicted octanol–water partition coefficient (Wildman–Crippen LogP) is 6.47. The first kappa shape index (κ1) is 93.1. The van der Waals surface area contributed by atoms with Crippen LogP contribution < -0.4 is 27.0 Å². The number of nitrogens with two attached hydrogens (primary N) is 1. The molecule has 1 aromatic carbocycles. The van der Waals surface area contributed by atoms with E-state index >= 15 is 0 Å². The van der Waals surface area contributed by atoms with Crippen LogP contribution in [0.5, 0.6) is 0 Å². The van der Waals surface area contributed by atoms with Gasteiger partial charge in [-0.3, -0.25) is 73.5 Å². The van der Waals surface area contributed by atoms with E-state index < -0.39 is 107 Å². The molecule has 94 heavy (non-hydrogen) atoms. The monoisotopic (exact) mass is 1350 g/mol. The molecule has 0 radical (unpaired) electrons. The molecule has 0 saturated heterocycles. The maximum Gasteiger partial charge on any atom is 0.322 e. The Morgan fingerprint density at radius 2 is 0.745 bits per heavy atom. The van der Waals surface area contributed by atoms with Gasteiger partial charge < -0.3 is 64.3 Å². The second-order valence-electron chi connectivity index (χ2n) is 25.6. The SMILES string of the molecule is CC(C)C[C@H](N[C@@H](CCC(=O)NCc1ccccc1)C(=O)O)C(=O)O.COC(=O)[C@@H](N)CCC(=O)OC(C)(C)C.COC(=O)[C@H](C)CC(C)C.COC(=O)[C@H](CCC(=O)O)N[C@@H](CC(C)C)C(=O)OC.COC(=O)[C@H](CCC(=O)OC(C)(C)C)N[C@@H](CC(C)C)C(=O)OC. The molecule has 0 aliphatic heterocycles. The Hall–Kier alpha value is -7.30. The maximum absolute atomic E-state index is 12.0. The van der Waals surface area contributed by atoms with Crippen LogP contribution in [-0.2, 0) is 102 Å². The van der Waals surface area contributed by atoms with E-state index in [0.717, 1.165) is 12.0 Å². The fourth-order valence-electron chi connectivity index (χ4n) is 8.26. The molecule has 1 amide bonds. The molecular formula is C66H115N5O23. The topological polar surface area (TPSA) is 414 Å². The average Bonchev–Trinajstić information content (AvgIpc) is 0.971. The highest BCUT2D eigenvalue weighted by atomic mass is 16.6. The third-order valence-corrected chi connectivity index (χ3v) is 12.6. The highest BCUT2D eigenvalue weighted by Crippen LogP contribution is 2.16. The molecule has 0 saturated carbocycles. The summed E-state index contributed by atoms with van der Waals surface area (Å²) in [5.74, 6) is -5.82. The number of carbonyl (C=O) groups excluding carboxylic acids is 9. The van der Waals surface area contributed by atoms with Crippen molar-refractivity contribution in [2.45, 2.75) is 241 Å². The van der Waals surface area contributed by atoms with Crippen molar-refractivity contribution in [1.82, 2.24) is 21.3 Å². The van der Waals surface area contributed by atoms with E-state index in [4.69, 9.17) is 29.8 Å². The number of rotatable bonds is 36. The molecule has 0 spiro atoms. The molecule has 0 aliphatic rings. The highest BCUT2D eigenvalue weighted by Gasteiger charge is 2.32. The van der Waals surface area contributed by atoms with Crippen LogP contribution in [0.4, 0.5) is 0 Å². The van der Waals surface area contributed by atoms with Gasteiger partial charge in [-0.1, -0.05) is 92.6 Å². The lowest BCUT2D eigenvalue weighted by atomic mass is 9.99. The van der Waals surface area contributed by atoms with Gasteiger partial charge in [0, 0.05) is 32.2 Å². The van der Waals surface area contributed by atoms with Crippen molar-refractivity contribution in [3.05, 3.63) is 35.9 Å². The molecule has 1 rings (SSSR count). The molecule has 8 atom stereocenters. The summed E-state index contributed by atoms with van der Waals surface area (Å²) in [4.78, 5) is 137. The summed E-state index contributed by atoms with van der Waals surface area (Å²) >= 11 is 0. The van der Waals surface area contributed by atoms with E-state index in [1.807, 2.05) is 78.8 Å². The summed E-state index contributed by atoms with van der Waals surface area (Å²) in [6, 6.07) is 3.64. The van der Waals surface area contributed by atoms with Gasteiger partial charge in [-0.2, -0.15) is 0 Å². The van der Waals surface area contributed by atoms with E-state index in [2.05, 4.69) is 54.1 Å². The van der Waals surface area contributed by atoms with E-state index in [0.29, 0.717) is 31.7 Å². The number of carboxylic acid groups (broad SMARTS) is 3. The van der Waals surface area contributed by atoms with E-state index in [-0.39, 0.29) is 92.9 Å². The highest BCUT2D eigenvalue weighted by molar-refractivity contribution is 5.82. The van der Waals surface area contributed by atoms with Crippen LogP contribution >= 0.6 is 0 Å². The van der Waals surface area contributed by atoms with Gasteiger partial charge in [0.15, 0.2) is 0 Å². The van der Waals surface area contributed by atoms with Gasteiger partial charge in [0.1, 0.15) is 53.5 Å². The standard InChI is InChI=1S/C18H26N2O5.C17H31NO6.C13H23NO6.C10H19NO4.C8H16O2/c1-12(2)10-15(18(24)25)20-14(17(22)23)8-9-16(21)19-11-13-6-4-3-5-7-13;1-11(2)10-13(16(21)23-7)18-12(15(20)22-6)8-9-14(19)24-17(3,4)5;1-8(2)7-10(13(18)20-4)14-9(12(17)19-3)5-6-11(15)16;1-10(2,3)15-8(12)6-5-7(11)9(13)14-4;1-6(2)5-7(3)8(9)10-4/h3-7,12,14-15,20H,8-11H2,1-2H3,(H,19,21)(H,22,23)(H,24,25);11-13,18H,8-10H2,1-7H3;8-10,14H,5-7H2,1-4H3,(H,15,16);7H,5-6,11H2,1-4H3;6-7H,5H2,1-4H3/t14-,15-;12-,13-;9-,10-;2*7-/m00001/s1. The first-order valence-corrected chi connectivity index (χ1v) is 31.4. The lowest BCUT2D eigenvalue weighted by Gasteiger charge is -2.24. The minimum Gasteiger partial charge on any atom is -0.481 e. The molecule has 0 aromatic heterocycles. The number of carboxylic acids is 3. The Kier molecular flexibility index (Phi) is 50.6. The molecule has 9 N–H and O–H groups in total. The van der Waals surface area contributed by atoms with Crippen molar-refractivity contribution in [3.8, 4) is 0 Å². The third-order valence-electron chi connectivity index (χ3n) is 12.6. The summed E-state index contributed by atoms with van der Waals surface area (Å²) in [7, 11) is 7.73. The molecule has 28 nitrogen and oxygen atoms in total. The van der Waals surface area contributed by atoms with E-state index in [1.54, 1.807) is 41.5 Å². The molecular weight excluding hydrogens is 1230 g/mol. The van der Waals surface area contributed by atoms with Crippen molar-refractivity contribution in [2.24, 2.45) is 35.3 Å². The zero-order chi connectivity index (χ0) is 73.6. The number of hydrogen-bond donors (Lipinski definition) is 8. The molecule has 0 bridgehead atoms. The summed E-state index contributed by atoms with van der Waals surface area (Å²) in [6.45, 7) is 28.7. The largest absolute Gasteiger partial charge is 0.481 e. The van der Waals surface area contributed by atoms with Crippen molar-refractivity contribution in [1.29, 1.82) is 0 Å². The normalized spacial score (nSPS) is 13.5. The minimum atomic E-state index is -1.16. The maximum atomic E-state index is 12.0. The molecule has 0 aliphatic carbocycles. The van der Waals surface area contributed by atoms with Crippen LogP contribution in [0.1, 0.15) is 186 Å². The molecule has 0 fully saturated rings. The molecule has 28 heteroatoms. The van der Waals surface area contributed by atoms with Crippen LogP contribution in [0.3, 0.4) is 0 Å². The van der Waals surface area contributed by atoms with Gasteiger partial charge in [-0.05, 0) is 122 Å². The summed E-state index contributed by atoms with van der Waals surface area (Å²) < 4.78 is 38.1. The van der Waals surface area contributed by atoms with Crippen molar-refractivity contribution >= 4 is 71.6 Å². The molecule has 1 aromatic rings. The minimum absolute atomic E-state index is 0.00478. The summed E-state index contributed by atoms with van der Waals surface area (Å²) in [5.41, 5.74) is 5.31.